The minimum Gasteiger partial charge on any atom is -0.497 e. The number of aliphatic hydroxyl groups is 1. The van der Waals surface area contributed by atoms with Gasteiger partial charge in [0, 0.05) is 0 Å². The van der Waals surface area contributed by atoms with Crippen LogP contribution in [0.4, 0.5) is 0 Å². The van der Waals surface area contributed by atoms with Crippen LogP contribution in [0.2, 0.25) is 0 Å². The summed E-state index contributed by atoms with van der Waals surface area (Å²) < 4.78 is 10.9. The van der Waals surface area contributed by atoms with Crippen molar-refractivity contribution < 1.29 is 14.6 Å². The topological polar surface area (TPSA) is 38.7 Å². The normalized spacial score (nSPS) is 13.7. The van der Waals surface area contributed by atoms with Crippen LogP contribution >= 0.6 is 0 Å². The molecule has 1 fully saturated rings. The monoisotopic (exact) mass is 246 g/mol. The average Bonchev–Trinajstić information content (AvgIpc) is 3.21. The van der Waals surface area contributed by atoms with Gasteiger partial charge in [0.25, 0.3) is 0 Å². The van der Waals surface area contributed by atoms with Gasteiger partial charge in [-0.2, -0.15) is 0 Å². The van der Waals surface area contributed by atoms with Gasteiger partial charge < -0.3 is 14.6 Å². The van der Waals surface area contributed by atoms with E-state index in [1.165, 1.54) is 12.8 Å². The summed E-state index contributed by atoms with van der Waals surface area (Å²) in [5.74, 6) is 7.88. The minimum atomic E-state index is -0.154. The summed E-state index contributed by atoms with van der Waals surface area (Å²) >= 11 is 0. The predicted molar refractivity (Wildman–Crippen MR) is 69.8 cm³/mol. The molecule has 0 radical (unpaired) electrons. The van der Waals surface area contributed by atoms with Gasteiger partial charge in [0.05, 0.1) is 19.3 Å². The molecule has 0 aromatic heterocycles. The second-order valence-electron chi connectivity index (χ2n) is 4.40. The zero-order valence-electron chi connectivity index (χ0n) is 10.6. The zero-order valence-corrected chi connectivity index (χ0v) is 10.6. The molecular formula is C15H18O3. The summed E-state index contributed by atoms with van der Waals surface area (Å²) in [6, 6.07) is 5.55. The van der Waals surface area contributed by atoms with Crippen molar-refractivity contribution >= 4 is 0 Å². The number of hydrogen-bond acceptors (Lipinski definition) is 3. The first-order valence-electron chi connectivity index (χ1n) is 6.24. The van der Waals surface area contributed by atoms with Crippen LogP contribution in [0.5, 0.6) is 11.5 Å². The Morgan fingerprint density at radius 3 is 2.89 bits per heavy atom. The molecule has 0 amide bonds. The average molecular weight is 246 g/mol. The third-order valence-electron chi connectivity index (χ3n) is 2.97. The van der Waals surface area contributed by atoms with Crippen LogP contribution in [0, 0.1) is 17.8 Å². The molecule has 0 atom stereocenters. The summed E-state index contributed by atoms with van der Waals surface area (Å²) in [7, 11) is 1.62. The molecule has 1 N–H and O–H groups in total. The second-order valence-corrected chi connectivity index (χ2v) is 4.40. The van der Waals surface area contributed by atoms with Crippen LogP contribution in [0.3, 0.4) is 0 Å². The molecule has 96 valence electrons. The summed E-state index contributed by atoms with van der Waals surface area (Å²) in [5.41, 5.74) is 0.763. The summed E-state index contributed by atoms with van der Waals surface area (Å²) in [5, 5.41) is 8.76. The number of aliphatic hydroxyl groups excluding tert-OH is 1. The van der Waals surface area contributed by atoms with Gasteiger partial charge in [-0.3, -0.25) is 0 Å². The number of ether oxygens (including phenoxy) is 2. The van der Waals surface area contributed by atoms with Crippen LogP contribution in [0.15, 0.2) is 18.2 Å². The maximum Gasteiger partial charge on any atom is 0.135 e. The Bertz CT molecular complexity index is 453. The fourth-order valence-electron chi connectivity index (χ4n) is 1.74. The van der Waals surface area contributed by atoms with Crippen molar-refractivity contribution in [1.82, 2.24) is 0 Å². The van der Waals surface area contributed by atoms with Gasteiger partial charge in [0.15, 0.2) is 0 Å². The van der Waals surface area contributed by atoms with Crippen molar-refractivity contribution in [2.75, 3.05) is 20.3 Å². The van der Waals surface area contributed by atoms with Gasteiger partial charge in [-0.1, -0.05) is 24.7 Å². The molecule has 1 aliphatic rings. The molecule has 0 unspecified atom stereocenters. The lowest BCUT2D eigenvalue weighted by atomic mass is 10.2. The van der Waals surface area contributed by atoms with Crippen LogP contribution in [0.1, 0.15) is 24.8 Å². The van der Waals surface area contributed by atoms with Gasteiger partial charge in [-0.15, -0.1) is 0 Å². The van der Waals surface area contributed by atoms with E-state index in [0.29, 0.717) is 0 Å². The molecule has 1 aliphatic carbocycles. The van der Waals surface area contributed by atoms with E-state index in [1.54, 1.807) is 7.11 Å². The first-order valence-corrected chi connectivity index (χ1v) is 6.24. The van der Waals surface area contributed by atoms with E-state index in [9.17, 15) is 0 Å². The molecule has 2 rings (SSSR count). The van der Waals surface area contributed by atoms with E-state index < -0.39 is 0 Å². The van der Waals surface area contributed by atoms with Gasteiger partial charge in [-0.25, -0.2) is 0 Å². The maximum absolute atomic E-state index is 8.76. The molecule has 1 aromatic carbocycles. The van der Waals surface area contributed by atoms with E-state index in [0.717, 1.165) is 36.0 Å². The Balaban J connectivity index is 2.05. The molecule has 18 heavy (non-hydrogen) atoms. The first-order chi connectivity index (χ1) is 8.83. The quantitative estimate of drug-likeness (QED) is 0.810. The van der Waals surface area contributed by atoms with Gasteiger partial charge in [0.2, 0.25) is 0 Å². The Labute approximate surface area is 108 Å². The third kappa shape index (κ3) is 3.68. The Morgan fingerprint density at radius 1 is 1.39 bits per heavy atom. The molecule has 3 heteroatoms. The van der Waals surface area contributed by atoms with Crippen molar-refractivity contribution in [2.45, 2.75) is 19.3 Å². The lowest BCUT2D eigenvalue weighted by molar-refractivity contribution is 0.301. The van der Waals surface area contributed by atoms with Crippen molar-refractivity contribution in [3.63, 3.8) is 0 Å². The molecule has 3 nitrogen and oxygen atoms in total. The number of benzene rings is 1. The highest BCUT2D eigenvalue weighted by molar-refractivity contribution is 5.50. The van der Waals surface area contributed by atoms with E-state index in [2.05, 4.69) is 11.8 Å². The van der Waals surface area contributed by atoms with Gasteiger partial charge in [-0.05, 0) is 30.5 Å². The zero-order chi connectivity index (χ0) is 12.8. The molecule has 0 spiro atoms. The summed E-state index contributed by atoms with van der Waals surface area (Å²) in [6.07, 6.45) is 3.78. The van der Waals surface area contributed by atoms with Crippen LogP contribution in [0.25, 0.3) is 0 Å². The van der Waals surface area contributed by atoms with Gasteiger partial charge >= 0.3 is 0 Å². The molecule has 1 aromatic rings. The highest BCUT2D eigenvalue weighted by Gasteiger charge is 2.20. The van der Waals surface area contributed by atoms with Crippen molar-refractivity contribution in [1.29, 1.82) is 0 Å². The number of methoxy groups -OCH3 is 1. The summed E-state index contributed by atoms with van der Waals surface area (Å²) in [4.78, 5) is 0. The molecule has 0 saturated heterocycles. The number of rotatable bonds is 5. The standard InChI is InChI=1S/C15H18O3/c1-17-14-6-7-15(13(11-14)3-2-9-16)18-10-8-12-4-5-12/h6-7,11-12,16H,4-5,8-10H2,1H3. The van der Waals surface area contributed by atoms with E-state index >= 15 is 0 Å². The third-order valence-corrected chi connectivity index (χ3v) is 2.97. The van der Waals surface area contributed by atoms with E-state index in [1.807, 2.05) is 18.2 Å². The fraction of sp³-hybridized carbons (Fsp3) is 0.467. The smallest absolute Gasteiger partial charge is 0.135 e. The van der Waals surface area contributed by atoms with Crippen molar-refractivity contribution in [3.05, 3.63) is 23.8 Å². The SMILES string of the molecule is COc1ccc(OCCC2CC2)c(C#CCO)c1. The summed E-state index contributed by atoms with van der Waals surface area (Å²) in [6.45, 7) is 0.573. The molecular weight excluding hydrogens is 228 g/mol. The first kappa shape index (κ1) is 12.8. The minimum absolute atomic E-state index is 0.154. The predicted octanol–water partition coefficient (Wildman–Crippen LogP) is 2.22. The number of hydrogen-bond donors (Lipinski definition) is 1. The van der Waals surface area contributed by atoms with E-state index in [-0.39, 0.29) is 6.61 Å². The second kappa shape index (κ2) is 6.32. The van der Waals surface area contributed by atoms with Crippen LogP contribution < -0.4 is 9.47 Å². The molecule has 1 saturated carbocycles. The van der Waals surface area contributed by atoms with Crippen LogP contribution in [-0.2, 0) is 0 Å². The van der Waals surface area contributed by atoms with Crippen LogP contribution in [-0.4, -0.2) is 25.4 Å². The van der Waals surface area contributed by atoms with Crippen molar-refractivity contribution in [3.8, 4) is 23.3 Å². The molecule has 0 heterocycles. The highest BCUT2D eigenvalue weighted by atomic mass is 16.5. The Morgan fingerprint density at radius 2 is 2.22 bits per heavy atom. The maximum atomic E-state index is 8.76. The lowest BCUT2D eigenvalue weighted by Gasteiger charge is -2.09. The molecule has 0 bridgehead atoms. The lowest BCUT2D eigenvalue weighted by Crippen LogP contribution is -2.00. The van der Waals surface area contributed by atoms with Crippen molar-refractivity contribution in [2.24, 2.45) is 5.92 Å². The Hall–Kier alpha value is -1.66. The highest BCUT2D eigenvalue weighted by Crippen LogP contribution is 2.32. The van der Waals surface area contributed by atoms with E-state index in [4.69, 9.17) is 14.6 Å². The fourth-order valence-corrected chi connectivity index (χ4v) is 1.74. The molecule has 0 aliphatic heterocycles. The van der Waals surface area contributed by atoms with Gasteiger partial charge in [0.1, 0.15) is 18.1 Å². The largest absolute Gasteiger partial charge is 0.497 e. The Kier molecular flexibility index (Phi) is 4.49.